The van der Waals surface area contributed by atoms with E-state index < -0.39 is 12.3 Å². The van der Waals surface area contributed by atoms with Crippen molar-refractivity contribution in [3.8, 4) is 0 Å². The highest BCUT2D eigenvalue weighted by Gasteiger charge is 2.47. The van der Waals surface area contributed by atoms with Crippen LogP contribution in [0.5, 0.6) is 0 Å². The van der Waals surface area contributed by atoms with Crippen molar-refractivity contribution in [2.45, 2.75) is 32.0 Å². The van der Waals surface area contributed by atoms with E-state index in [1.807, 2.05) is 0 Å². The summed E-state index contributed by atoms with van der Waals surface area (Å²) < 4.78 is 17.2. The lowest BCUT2D eigenvalue weighted by molar-refractivity contribution is 0.114. The van der Waals surface area contributed by atoms with Gasteiger partial charge in [0.15, 0.2) is 5.76 Å². The summed E-state index contributed by atoms with van der Waals surface area (Å²) in [6.07, 6.45) is 1.33. The van der Waals surface area contributed by atoms with Crippen LogP contribution >= 0.6 is 0 Å². The lowest BCUT2D eigenvalue weighted by Gasteiger charge is -1.98. The molecule has 1 fully saturated rings. The van der Waals surface area contributed by atoms with E-state index in [4.69, 9.17) is 4.42 Å². The fourth-order valence-corrected chi connectivity index (χ4v) is 1.08. The van der Waals surface area contributed by atoms with Crippen LogP contribution in [0.2, 0.25) is 0 Å². The smallest absolute Gasteiger partial charge is 0.226 e. The largest absolute Gasteiger partial charge is 0.439 e. The predicted octanol–water partition coefficient (Wildman–Crippen LogP) is 1.43. The van der Waals surface area contributed by atoms with Gasteiger partial charge in [-0.15, -0.1) is 0 Å². The van der Waals surface area contributed by atoms with Crippen molar-refractivity contribution in [1.29, 1.82) is 0 Å². The van der Waals surface area contributed by atoms with Gasteiger partial charge in [0.2, 0.25) is 5.89 Å². The molecule has 0 saturated heterocycles. The third kappa shape index (κ3) is 1.03. The third-order valence-corrected chi connectivity index (χ3v) is 2.14. The Morgan fingerprint density at radius 1 is 1.67 bits per heavy atom. The molecule has 0 aliphatic heterocycles. The van der Waals surface area contributed by atoms with Gasteiger partial charge in [0.1, 0.15) is 12.3 Å². The van der Waals surface area contributed by atoms with Gasteiger partial charge in [-0.1, -0.05) is 0 Å². The van der Waals surface area contributed by atoms with Crippen molar-refractivity contribution < 1.29 is 13.9 Å². The third-order valence-electron chi connectivity index (χ3n) is 2.14. The first-order chi connectivity index (χ1) is 5.65. The number of hydrogen-bond donors (Lipinski definition) is 1. The Morgan fingerprint density at radius 3 is 2.75 bits per heavy atom. The lowest BCUT2D eigenvalue weighted by atomic mass is 10.3. The quantitative estimate of drug-likeness (QED) is 0.732. The first kappa shape index (κ1) is 7.73. The van der Waals surface area contributed by atoms with Crippen LogP contribution in [0.3, 0.4) is 0 Å². The number of rotatable bonds is 2. The lowest BCUT2D eigenvalue weighted by Crippen LogP contribution is -2.03. The Labute approximate surface area is 69.2 Å². The van der Waals surface area contributed by atoms with Gasteiger partial charge in [-0.05, 0) is 19.8 Å². The molecule has 0 bridgehead atoms. The van der Waals surface area contributed by atoms with Gasteiger partial charge >= 0.3 is 0 Å². The minimum absolute atomic E-state index is 0.227. The zero-order chi connectivity index (χ0) is 8.77. The highest BCUT2D eigenvalue weighted by Crippen LogP contribution is 2.45. The van der Waals surface area contributed by atoms with Crippen LogP contribution in [-0.2, 0) is 12.3 Å². The molecule has 12 heavy (non-hydrogen) atoms. The molecule has 0 amide bonds. The van der Waals surface area contributed by atoms with E-state index in [1.165, 1.54) is 0 Å². The van der Waals surface area contributed by atoms with E-state index in [0.717, 1.165) is 0 Å². The average Bonchev–Trinajstić information content (AvgIpc) is 2.65. The molecule has 66 valence electrons. The number of aryl methyl sites for hydroxylation is 1. The fourth-order valence-electron chi connectivity index (χ4n) is 1.08. The molecule has 0 aromatic carbocycles. The monoisotopic (exact) mass is 171 g/mol. The molecular weight excluding hydrogens is 161 g/mol. The molecule has 0 unspecified atom stereocenters. The maximum absolute atomic E-state index is 12.2. The van der Waals surface area contributed by atoms with Crippen LogP contribution in [0.25, 0.3) is 0 Å². The van der Waals surface area contributed by atoms with Crippen molar-refractivity contribution in [3.05, 3.63) is 17.3 Å². The number of oxazole rings is 1. The number of halogens is 1. The standard InChI is InChI=1S/C8H10FNO2/c1-5-6(4-9)12-7(10-5)8(11)2-3-8/h11H,2-4H2,1H3. The minimum Gasteiger partial charge on any atom is -0.439 e. The van der Waals surface area contributed by atoms with Gasteiger partial charge in [0, 0.05) is 0 Å². The maximum Gasteiger partial charge on any atom is 0.226 e. The van der Waals surface area contributed by atoms with E-state index in [2.05, 4.69) is 4.98 Å². The van der Waals surface area contributed by atoms with Crippen LogP contribution < -0.4 is 0 Å². The Bertz CT molecular complexity index is 304. The minimum atomic E-state index is -0.891. The van der Waals surface area contributed by atoms with E-state index in [9.17, 15) is 9.50 Å². The Morgan fingerprint density at radius 2 is 2.33 bits per heavy atom. The average molecular weight is 171 g/mol. The normalized spacial score (nSPS) is 19.6. The van der Waals surface area contributed by atoms with E-state index in [0.29, 0.717) is 18.5 Å². The van der Waals surface area contributed by atoms with Gasteiger partial charge in [-0.2, -0.15) is 0 Å². The van der Waals surface area contributed by atoms with Crippen molar-refractivity contribution >= 4 is 0 Å². The summed E-state index contributed by atoms with van der Waals surface area (Å²) in [5.74, 6) is 0.498. The van der Waals surface area contributed by atoms with E-state index in [-0.39, 0.29) is 11.7 Å². The SMILES string of the molecule is Cc1nc(C2(O)CC2)oc1CF. The topological polar surface area (TPSA) is 46.3 Å². The van der Waals surface area contributed by atoms with Gasteiger partial charge in [0.25, 0.3) is 0 Å². The second-order valence-corrected chi connectivity index (χ2v) is 3.19. The van der Waals surface area contributed by atoms with Crippen LogP contribution in [0.1, 0.15) is 30.2 Å². The summed E-state index contributed by atoms with van der Waals surface area (Å²) in [7, 11) is 0. The molecule has 1 aromatic heterocycles. The molecule has 0 atom stereocenters. The molecule has 0 radical (unpaired) electrons. The number of hydrogen-bond acceptors (Lipinski definition) is 3. The van der Waals surface area contributed by atoms with E-state index >= 15 is 0 Å². The van der Waals surface area contributed by atoms with Gasteiger partial charge < -0.3 is 9.52 Å². The molecule has 2 rings (SSSR count). The summed E-state index contributed by atoms with van der Waals surface area (Å²) in [6.45, 7) is 1.02. The van der Waals surface area contributed by atoms with Gasteiger partial charge in [0.05, 0.1) is 5.69 Å². The number of aromatic nitrogens is 1. The molecule has 1 N–H and O–H groups in total. The molecule has 3 nitrogen and oxygen atoms in total. The Balaban J connectivity index is 2.34. The van der Waals surface area contributed by atoms with Crippen LogP contribution in [0, 0.1) is 6.92 Å². The molecular formula is C8H10FNO2. The summed E-state index contributed by atoms with van der Waals surface area (Å²) in [5.41, 5.74) is -0.356. The summed E-state index contributed by atoms with van der Waals surface area (Å²) in [4.78, 5) is 3.96. The second kappa shape index (κ2) is 2.29. The molecule has 4 heteroatoms. The number of aliphatic hydroxyl groups is 1. The zero-order valence-corrected chi connectivity index (χ0v) is 6.80. The molecule has 1 heterocycles. The second-order valence-electron chi connectivity index (χ2n) is 3.19. The van der Waals surface area contributed by atoms with Crippen molar-refractivity contribution in [3.63, 3.8) is 0 Å². The highest BCUT2D eigenvalue weighted by atomic mass is 19.1. The molecule has 1 aromatic rings. The fraction of sp³-hybridized carbons (Fsp3) is 0.625. The highest BCUT2D eigenvalue weighted by molar-refractivity contribution is 5.15. The van der Waals surface area contributed by atoms with Crippen LogP contribution in [0.4, 0.5) is 4.39 Å². The van der Waals surface area contributed by atoms with Crippen LogP contribution in [0.15, 0.2) is 4.42 Å². The maximum atomic E-state index is 12.2. The molecule has 1 saturated carbocycles. The van der Waals surface area contributed by atoms with Gasteiger partial charge in [-0.3, -0.25) is 0 Å². The molecule has 0 spiro atoms. The van der Waals surface area contributed by atoms with Crippen molar-refractivity contribution in [2.75, 3.05) is 0 Å². The van der Waals surface area contributed by atoms with Crippen LogP contribution in [-0.4, -0.2) is 10.1 Å². The first-order valence-electron chi connectivity index (χ1n) is 3.91. The van der Waals surface area contributed by atoms with Crippen molar-refractivity contribution in [1.82, 2.24) is 4.98 Å². The zero-order valence-electron chi connectivity index (χ0n) is 6.80. The summed E-state index contributed by atoms with van der Waals surface area (Å²) >= 11 is 0. The Hall–Kier alpha value is -0.900. The van der Waals surface area contributed by atoms with E-state index in [1.54, 1.807) is 6.92 Å². The van der Waals surface area contributed by atoms with Crippen molar-refractivity contribution in [2.24, 2.45) is 0 Å². The summed E-state index contributed by atoms with van der Waals surface area (Å²) in [6, 6.07) is 0. The molecule has 1 aliphatic rings. The first-order valence-corrected chi connectivity index (χ1v) is 3.91. The number of nitrogens with zero attached hydrogens (tertiary/aromatic N) is 1. The predicted molar refractivity (Wildman–Crippen MR) is 39.2 cm³/mol. The molecule has 1 aliphatic carbocycles. The van der Waals surface area contributed by atoms with Gasteiger partial charge in [-0.25, -0.2) is 9.37 Å². The number of alkyl halides is 1. The Kier molecular flexibility index (Phi) is 1.48. The summed E-state index contributed by atoms with van der Waals surface area (Å²) in [5, 5.41) is 9.55.